The lowest BCUT2D eigenvalue weighted by atomic mass is 10.2. The topological polar surface area (TPSA) is 101 Å². The van der Waals surface area contributed by atoms with E-state index in [9.17, 15) is 18.0 Å². The number of hydrogen-bond acceptors (Lipinski definition) is 4. The van der Waals surface area contributed by atoms with Gasteiger partial charge in [-0.2, -0.15) is 0 Å². The molecule has 0 aliphatic heterocycles. The number of hydrogen-bond donors (Lipinski definition) is 2. The predicted molar refractivity (Wildman–Crippen MR) is 77.7 cm³/mol. The van der Waals surface area contributed by atoms with Crippen LogP contribution in [0.25, 0.3) is 0 Å². The van der Waals surface area contributed by atoms with E-state index in [4.69, 9.17) is 5.11 Å². The minimum absolute atomic E-state index is 0.00999. The molecule has 1 rings (SSSR count). The van der Waals surface area contributed by atoms with Gasteiger partial charge in [0.05, 0.1) is 11.3 Å². The first-order valence-corrected chi connectivity index (χ1v) is 8.16. The quantitative estimate of drug-likeness (QED) is 0.782. The summed E-state index contributed by atoms with van der Waals surface area (Å²) in [6, 6.07) is 5.55. The Morgan fingerprint density at radius 2 is 1.81 bits per heavy atom. The Balaban J connectivity index is 2.91. The van der Waals surface area contributed by atoms with Gasteiger partial charge in [0.1, 0.15) is 5.25 Å². The number of benzene rings is 1. The lowest BCUT2D eigenvalue weighted by Crippen LogP contribution is -2.38. The predicted octanol–water partition coefficient (Wildman–Crippen LogP) is 1.00. The number of carbonyl (C=O) groups excluding carboxylic acids is 1. The van der Waals surface area contributed by atoms with Gasteiger partial charge in [0.2, 0.25) is 5.91 Å². The van der Waals surface area contributed by atoms with Gasteiger partial charge in [0.25, 0.3) is 0 Å². The van der Waals surface area contributed by atoms with Crippen LogP contribution in [0.1, 0.15) is 25.8 Å². The van der Waals surface area contributed by atoms with Crippen molar-refractivity contribution in [3.8, 4) is 0 Å². The van der Waals surface area contributed by atoms with Crippen LogP contribution in [-0.4, -0.2) is 37.2 Å². The fraction of sp³-hybridized carbons (Fsp3) is 0.429. The molecule has 0 saturated carbocycles. The first-order valence-electron chi connectivity index (χ1n) is 6.61. The molecule has 0 aliphatic rings. The average molecular weight is 313 g/mol. The molecule has 1 atom stereocenters. The average Bonchev–Trinajstić information content (AvgIpc) is 2.43. The summed E-state index contributed by atoms with van der Waals surface area (Å²) in [7, 11) is -3.77. The summed E-state index contributed by atoms with van der Waals surface area (Å²) in [5, 5.41) is 10.0. The minimum Gasteiger partial charge on any atom is -0.481 e. The highest BCUT2D eigenvalue weighted by molar-refractivity contribution is 7.92. The highest BCUT2D eigenvalue weighted by Crippen LogP contribution is 2.17. The molecular formula is C14H19NO5S. The molecule has 0 aromatic heterocycles. The third-order valence-corrected chi connectivity index (χ3v) is 5.07. The van der Waals surface area contributed by atoms with E-state index < -0.39 is 27.0 Å². The highest BCUT2D eigenvalue weighted by Gasteiger charge is 2.29. The Bertz CT molecular complexity index is 607. The van der Waals surface area contributed by atoms with Crippen LogP contribution in [-0.2, 0) is 25.8 Å². The van der Waals surface area contributed by atoms with Crippen LogP contribution in [0.4, 0.5) is 0 Å². The molecule has 21 heavy (non-hydrogen) atoms. The molecule has 0 radical (unpaired) electrons. The fourth-order valence-electron chi connectivity index (χ4n) is 1.71. The summed E-state index contributed by atoms with van der Waals surface area (Å²) >= 11 is 0. The zero-order chi connectivity index (χ0) is 16.0. The fourth-order valence-corrected chi connectivity index (χ4v) is 3.00. The van der Waals surface area contributed by atoms with Crippen LogP contribution in [0.5, 0.6) is 0 Å². The van der Waals surface area contributed by atoms with Crippen molar-refractivity contribution < 1.29 is 23.1 Å². The molecule has 1 aromatic rings. The van der Waals surface area contributed by atoms with Crippen LogP contribution in [0.15, 0.2) is 29.2 Å². The maximum absolute atomic E-state index is 12.3. The Morgan fingerprint density at radius 1 is 1.24 bits per heavy atom. The molecule has 0 fully saturated rings. The van der Waals surface area contributed by atoms with E-state index in [1.165, 1.54) is 31.2 Å². The van der Waals surface area contributed by atoms with Crippen molar-refractivity contribution in [1.29, 1.82) is 0 Å². The van der Waals surface area contributed by atoms with Crippen LogP contribution in [0.2, 0.25) is 0 Å². The Hall–Kier alpha value is -1.89. The molecule has 7 heteroatoms. The Morgan fingerprint density at radius 3 is 2.29 bits per heavy atom. The molecule has 2 N–H and O–H groups in total. The van der Waals surface area contributed by atoms with Crippen LogP contribution in [0.3, 0.4) is 0 Å². The van der Waals surface area contributed by atoms with Crippen LogP contribution in [0, 0.1) is 0 Å². The molecule has 1 amide bonds. The number of sulfone groups is 1. The van der Waals surface area contributed by atoms with Crippen LogP contribution >= 0.6 is 0 Å². The molecule has 0 bridgehead atoms. The number of carboxylic acid groups (broad SMARTS) is 1. The van der Waals surface area contributed by atoms with E-state index in [2.05, 4.69) is 5.32 Å². The largest absolute Gasteiger partial charge is 0.481 e. The maximum Gasteiger partial charge on any atom is 0.307 e. The minimum atomic E-state index is -3.77. The molecule has 0 spiro atoms. The molecule has 116 valence electrons. The second kappa shape index (κ2) is 7.21. The molecule has 1 aromatic carbocycles. The van der Waals surface area contributed by atoms with E-state index in [0.29, 0.717) is 12.1 Å². The standard InChI is InChI=1S/C14H19NO5S/c1-3-8-15-14(18)10(2)21(19,20)12-6-4-11(5-7-12)9-13(16)17/h4-7,10H,3,8-9H2,1-2H3,(H,15,18)(H,16,17). The summed E-state index contributed by atoms with van der Waals surface area (Å²) in [5.41, 5.74) is 0.504. The highest BCUT2D eigenvalue weighted by atomic mass is 32.2. The van der Waals surface area contributed by atoms with Gasteiger partial charge in [0, 0.05) is 6.54 Å². The van der Waals surface area contributed by atoms with Crippen molar-refractivity contribution in [3.63, 3.8) is 0 Å². The van der Waals surface area contributed by atoms with Crippen molar-refractivity contribution in [1.82, 2.24) is 5.32 Å². The van der Waals surface area contributed by atoms with E-state index in [-0.39, 0.29) is 11.3 Å². The second-order valence-corrected chi connectivity index (χ2v) is 6.96. The molecule has 0 saturated heterocycles. The Labute approximate surface area is 124 Å². The summed E-state index contributed by atoms with van der Waals surface area (Å²) in [6.07, 6.45) is 0.551. The third kappa shape index (κ3) is 4.56. The first kappa shape index (κ1) is 17.2. The second-order valence-electron chi connectivity index (χ2n) is 4.69. The van der Waals surface area contributed by atoms with Crippen LogP contribution < -0.4 is 5.32 Å². The van der Waals surface area contributed by atoms with Crippen molar-refractivity contribution in [2.75, 3.05) is 6.54 Å². The van der Waals surface area contributed by atoms with E-state index in [1.807, 2.05) is 6.92 Å². The monoisotopic (exact) mass is 313 g/mol. The Kier molecular flexibility index (Phi) is 5.90. The molecule has 6 nitrogen and oxygen atoms in total. The molecule has 0 aliphatic carbocycles. The lowest BCUT2D eigenvalue weighted by Gasteiger charge is -2.13. The van der Waals surface area contributed by atoms with Crippen molar-refractivity contribution >= 4 is 21.7 Å². The summed E-state index contributed by atoms with van der Waals surface area (Å²) < 4.78 is 24.6. The normalized spacial score (nSPS) is 12.7. The molecule has 1 unspecified atom stereocenters. The van der Waals surface area contributed by atoms with E-state index in [0.717, 1.165) is 6.42 Å². The molecule has 0 heterocycles. The van der Waals surface area contributed by atoms with Gasteiger partial charge in [-0.1, -0.05) is 19.1 Å². The van der Waals surface area contributed by atoms with Gasteiger partial charge >= 0.3 is 5.97 Å². The van der Waals surface area contributed by atoms with Gasteiger partial charge in [-0.15, -0.1) is 0 Å². The lowest BCUT2D eigenvalue weighted by molar-refractivity contribution is -0.136. The van der Waals surface area contributed by atoms with Gasteiger partial charge < -0.3 is 10.4 Å². The van der Waals surface area contributed by atoms with Crippen molar-refractivity contribution in [2.24, 2.45) is 0 Å². The van der Waals surface area contributed by atoms with E-state index >= 15 is 0 Å². The zero-order valence-electron chi connectivity index (χ0n) is 12.0. The van der Waals surface area contributed by atoms with Gasteiger partial charge in [-0.3, -0.25) is 9.59 Å². The smallest absolute Gasteiger partial charge is 0.307 e. The number of carbonyl (C=O) groups is 2. The summed E-state index contributed by atoms with van der Waals surface area (Å²) in [6.45, 7) is 3.64. The first-order chi connectivity index (χ1) is 9.78. The summed E-state index contributed by atoms with van der Waals surface area (Å²) in [4.78, 5) is 22.4. The van der Waals surface area contributed by atoms with Gasteiger partial charge in [0.15, 0.2) is 9.84 Å². The van der Waals surface area contributed by atoms with Crippen molar-refractivity contribution in [3.05, 3.63) is 29.8 Å². The van der Waals surface area contributed by atoms with Crippen molar-refractivity contribution in [2.45, 2.75) is 36.8 Å². The summed E-state index contributed by atoms with van der Waals surface area (Å²) in [5.74, 6) is -1.52. The van der Waals surface area contributed by atoms with Gasteiger partial charge in [-0.25, -0.2) is 8.42 Å². The third-order valence-electron chi connectivity index (χ3n) is 2.99. The number of aliphatic carboxylic acids is 1. The molecular weight excluding hydrogens is 294 g/mol. The zero-order valence-corrected chi connectivity index (χ0v) is 12.8. The number of nitrogens with one attached hydrogen (secondary N) is 1. The number of amides is 1. The van der Waals surface area contributed by atoms with E-state index in [1.54, 1.807) is 0 Å². The SMILES string of the molecule is CCCNC(=O)C(C)S(=O)(=O)c1ccc(CC(=O)O)cc1. The number of carboxylic acids is 1. The maximum atomic E-state index is 12.3. The van der Waals surface area contributed by atoms with Gasteiger partial charge in [-0.05, 0) is 31.0 Å². The number of rotatable bonds is 7.